The third-order valence-electron chi connectivity index (χ3n) is 3.84. The normalized spacial score (nSPS) is 24.4. The van der Waals surface area contributed by atoms with Gasteiger partial charge in [0.05, 0.1) is 0 Å². The van der Waals surface area contributed by atoms with Crippen molar-refractivity contribution in [3.05, 3.63) is 0 Å². The van der Waals surface area contributed by atoms with Crippen molar-refractivity contribution in [2.75, 3.05) is 6.54 Å². The molecule has 1 rings (SSSR count). The summed E-state index contributed by atoms with van der Waals surface area (Å²) in [6.07, 6.45) is 7.50. The summed E-state index contributed by atoms with van der Waals surface area (Å²) in [5, 5.41) is 3.12. The summed E-state index contributed by atoms with van der Waals surface area (Å²) in [5.74, 6) is 1.62. The molecule has 17 heavy (non-hydrogen) atoms. The van der Waals surface area contributed by atoms with Crippen LogP contribution in [0.4, 0.5) is 0 Å². The van der Waals surface area contributed by atoms with E-state index in [1.54, 1.807) is 0 Å². The fraction of sp³-hybridized carbons (Fsp3) is 0.929. The van der Waals surface area contributed by atoms with Crippen LogP contribution in [0.1, 0.15) is 58.8 Å². The summed E-state index contributed by atoms with van der Waals surface area (Å²) in [6.45, 7) is 5.13. The summed E-state index contributed by atoms with van der Waals surface area (Å²) in [7, 11) is 0. The first-order chi connectivity index (χ1) is 8.21. The van der Waals surface area contributed by atoms with Gasteiger partial charge in [0.15, 0.2) is 0 Å². The van der Waals surface area contributed by atoms with Crippen molar-refractivity contribution in [3.63, 3.8) is 0 Å². The molecule has 0 aromatic carbocycles. The Morgan fingerprint density at radius 3 is 2.65 bits per heavy atom. The highest BCUT2D eigenvalue weighted by atomic mass is 16.1. The first-order valence-electron chi connectivity index (χ1n) is 7.20. The zero-order valence-corrected chi connectivity index (χ0v) is 11.4. The number of rotatable bonds is 9. The van der Waals surface area contributed by atoms with E-state index in [1.165, 1.54) is 25.7 Å². The number of carbonyl (C=O) groups is 1. The minimum atomic E-state index is 0.240. The van der Waals surface area contributed by atoms with Crippen LogP contribution < -0.4 is 11.1 Å². The predicted molar refractivity (Wildman–Crippen MR) is 71.6 cm³/mol. The van der Waals surface area contributed by atoms with Gasteiger partial charge in [-0.1, -0.05) is 33.1 Å². The van der Waals surface area contributed by atoms with Gasteiger partial charge in [0, 0.05) is 12.5 Å². The minimum absolute atomic E-state index is 0.240. The SMILES string of the molecule is CCCC(CCN)CCC(=O)NC1CC1CC. The summed E-state index contributed by atoms with van der Waals surface area (Å²) >= 11 is 0. The highest BCUT2D eigenvalue weighted by Gasteiger charge is 2.36. The van der Waals surface area contributed by atoms with Crippen molar-refractivity contribution in [1.82, 2.24) is 5.32 Å². The first-order valence-corrected chi connectivity index (χ1v) is 7.20. The van der Waals surface area contributed by atoms with Gasteiger partial charge in [0.2, 0.25) is 5.91 Å². The van der Waals surface area contributed by atoms with Gasteiger partial charge < -0.3 is 11.1 Å². The molecule has 0 heterocycles. The van der Waals surface area contributed by atoms with E-state index in [9.17, 15) is 4.79 Å². The molecular weight excluding hydrogens is 212 g/mol. The van der Waals surface area contributed by atoms with E-state index in [0.29, 0.717) is 18.4 Å². The molecule has 1 aliphatic carbocycles. The van der Waals surface area contributed by atoms with Crippen LogP contribution in [0.25, 0.3) is 0 Å². The van der Waals surface area contributed by atoms with Crippen molar-refractivity contribution < 1.29 is 4.79 Å². The van der Waals surface area contributed by atoms with E-state index in [0.717, 1.165) is 25.3 Å². The topological polar surface area (TPSA) is 55.1 Å². The lowest BCUT2D eigenvalue weighted by Gasteiger charge is -2.14. The molecule has 0 bridgehead atoms. The Bertz CT molecular complexity index is 224. The maximum absolute atomic E-state index is 11.7. The van der Waals surface area contributed by atoms with Gasteiger partial charge in [0.1, 0.15) is 0 Å². The summed E-state index contributed by atoms with van der Waals surface area (Å²) in [6, 6.07) is 0.478. The van der Waals surface area contributed by atoms with Crippen LogP contribution in [0.15, 0.2) is 0 Å². The Labute approximate surface area is 106 Å². The molecular formula is C14H28N2O. The van der Waals surface area contributed by atoms with Crippen LogP contribution >= 0.6 is 0 Å². The molecule has 1 aliphatic rings. The van der Waals surface area contributed by atoms with Crippen LogP contribution in [0, 0.1) is 11.8 Å². The molecule has 1 saturated carbocycles. The van der Waals surface area contributed by atoms with Gasteiger partial charge in [-0.25, -0.2) is 0 Å². The fourth-order valence-corrected chi connectivity index (χ4v) is 2.57. The van der Waals surface area contributed by atoms with E-state index >= 15 is 0 Å². The predicted octanol–water partition coefficient (Wildman–Crippen LogP) is 2.45. The second kappa shape index (κ2) is 7.70. The molecule has 3 nitrogen and oxygen atoms in total. The van der Waals surface area contributed by atoms with Crippen LogP contribution in [-0.4, -0.2) is 18.5 Å². The molecule has 0 aromatic rings. The quantitative estimate of drug-likeness (QED) is 0.650. The lowest BCUT2D eigenvalue weighted by Crippen LogP contribution is -2.27. The van der Waals surface area contributed by atoms with Crippen molar-refractivity contribution in [3.8, 4) is 0 Å². The van der Waals surface area contributed by atoms with Crippen molar-refractivity contribution >= 4 is 5.91 Å². The van der Waals surface area contributed by atoms with Crippen molar-refractivity contribution in [1.29, 1.82) is 0 Å². The van der Waals surface area contributed by atoms with Crippen molar-refractivity contribution in [2.45, 2.75) is 64.8 Å². The molecule has 3 unspecified atom stereocenters. The summed E-state index contributed by atoms with van der Waals surface area (Å²) < 4.78 is 0. The van der Waals surface area contributed by atoms with E-state index in [2.05, 4.69) is 19.2 Å². The largest absolute Gasteiger partial charge is 0.353 e. The first kappa shape index (κ1) is 14.5. The fourth-order valence-electron chi connectivity index (χ4n) is 2.57. The maximum atomic E-state index is 11.7. The average molecular weight is 240 g/mol. The number of carbonyl (C=O) groups excluding carboxylic acids is 1. The van der Waals surface area contributed by atoms with Crippen molar-refractivity contribution in [2.24, 2.45) is 17.6 Å². The number of nitrogens with two attached hydrogens (primary N) is 1. The number of hydrogen-bond acceptors (Lipinski definition) is 2. The van der Waals surface area contributed by atoms with Gasteiger partial charge in [-0.2, -0.15) is 0 Å². The Balaban J connectivity index is 2.12. The van der Waals surface area contributed by atoms with Crippen LogP contribution in [0.2, 0.25) is 0 Å². The highest BCUT2D eigenvalue weighted by Crippen LogP contribution is 2.33. The second-order valence-corrected chi connectivity index (χ2v) is 5.35. The van der Waals surface area contributed by atoms with E-state index in [-0.39, 0.29) is 5.91 Å². The highest BCUT2D eigenvalue weighted by molar-refractivity contribution is 5.76. The molecule has 0 aromatic heterocycles. The maximum Gasteiger partial charge on any atom is 0.220 e. The van der Waals surface area contributed by atoms with Crippen LogP contribution in [0.3, 0.4) is 0 Å². The van der Waals surface area contributed by atoms with Crippen LogP contribution in [0.5, 0.6) is 0 Å². The zero-order chi connectivity index (χ0) is 12.7. The minimum Gasteiger partial charge on any atom is -0.353 e. The van der Waals surface area contributed by atoms with Gasteiger partial charge >= 0.3 is 0 Å². The van der Waals surface area contributed by atoms with E-state index in [1.807, 2.05) is 0 Å². The van der Waals surface area contributed by atoms with Gasteiger partial charge in [-0.15, -0.1) is 0 Å². The molecule has 0 saturated heterocycles. The molecule has 0 aliphatic heterocycles. The molecule has 100 valence electrons. The number of amides is 1. The lowest BCUT2D eigenvalue weighted by molar-refractivity contribution is -0.121. The Morgan fingerprint density at radius 1 is 1.35 bits per heavy atom. The lowest BCUT2D eigenvalue weighted by atomic mass is 9.94. The number of nitrogens with one attached hydrogen (secondary N) is 1. The Morgan fingerprint density at radius 2 is 2.12 bits per heavy atom. The smallest absolute Gasteiger partial charge is 0.220 e. The van der Waals surface area contributed by atoms with E-state index < -0.39 is 0 Å². The van der Waals surface area contributed by atoms with Gasteiger partial charge in [0.25, 0.3) is 0 Å². The Hall–Kier alpha value is -0.570. The third-order valence-corrected chi connectivity index (χ3v) is 3.84. The molecule has 1 fully saturated rings. The average Bonchev–Trinajstić information content (AvgIpc) is 3.05. The second-order valence-electron chi connectivity index (χ2n) is 5.35. The van der Waals surface area contributed by atoms with Crippen LogP contribution in [-0.2, 0) is 4.79 Å². The molecule has 1 amide bonds. The standard InChI is InChI=1S/C14H28N2O/c1-3-5-11(8-9-15)6-7-14(17)16-13-10-12(13)4-2/h11-13H,3-10,15H2,1-2H3,(H,16,17). The van der Waals surface area contributed by atoms with Gasteiger partial charge in [-0.3, -0.25) is 4.79 Å². The summed E-state index contributed by atoms with van der Waals surface area (Å²) in [5.41, 5.74) is 5.59. The monoisotopic (exact) mass is 240 g/mol. The van der Waals surface area contributed by atoms with Gasteiger partial charge in [-0.05, 0) is 37.6 Å². The molecule has 0 spiro atoms. The molecule has 3 atom stereocenters. The van der Waals surface area contributed by atoms with E-state index in [4.69, 9.17) is 5.73 Å². The molecule has 3 N–H and O–H groups in total. The number of hydrogen-bond donors (Lipinski definition) is 2. The Kier molecular flexibility index (Phi) is 6.56. The summed E-state index contributed by atoms with van der Waals surface area (Å²) in [4.78, 5) is 11.7. The molecule has 0 radical (unpaired) electrons. The zero-order valence-electron chi connectivity index (χ0n) is 11.4. The third kappa shape index (κ3) is 5.53. The molecule has 3 heteroatoms.